The minimum absolute atomic E-state index is 0.227. The molecule has 2 aromatic rings. The number of hydrogen-bond donors (Lipinski definition) is 0. The van der Waals surface area contributed by atoms with Crippen molar-refractivity contribution >= 4 is 5.97 Å². The molecule has 0 aliphatic heterocycles. The molecule has 0 radical (unpaired) electrons. The van der Waals surface area contributed by atoms with Crippen LogP contribution in [0.25, 0.3) is 0 Å². The second-order valence-corrected chi connectivity index (χ2v) is 3.70. The number of esters is 1. The van der Waals surface area contributed by atoms with Crippen LogP contribution in [0.1, 0.15) is 18.5 Å². The first kappa shape index (κ1) is 11.5. The number of rotatable bonds is 4. The molecule has 1 aromatic heterocycles. The molecule has 0 bridgehead atoms. The Hall–Kier alpha value is -2.03. The molecule has 1 aromatic carbocycles. The lowest BCUT2D eigenvalue weighted by atomic mass is 10.1. The van der Waals surface area contributed by atoms with Crippen molar-refractivity contribution in [2.45, 2.75) is 13.0 Å². The number of carbonyl (C=O) groups excluding carboxylic acids is 1. The predicted molar refractivity (Wildman–Crippen MR) is 65.6 cm³/mol. The average molecular weight is 229 g/mol. The van der Waals surface area contributed by atoms with Crippen LogP contribution in [0.4, 0.5) is 0 Å². The molecule has 0 spiro atoms. The molecule has 0 saturated heterocycles. The Balaban J connectivity index is 2.35. The van der Waals surface area contributed by atoms with E-state index in [1.165, 1.54) is 0 Å². The van der Waals surface area contributed by atoms with Crippen molar-refractivity contribution in [3.05, 3.63) is 60.4 Å². The normalized spacial score (nSPS) is 12.1. The lowest BCUT2D eigenvalue weighted by Gasteiger charge is -2.17. The van der Waals surface area contributed by atoms with E-state index < -0.39 is 6.04 Å². The highest BCUT2D eigenvalue weighted by molar-refractivity contribution is 5.78. The van der Waals surface area contributed by atoms with Crippen LogP contribution in [0.5, 0.6) is 0 Å². The maximum absolute atomic E-state index is 12.0. The van der Waals surface area contributed by atoms with Crippen LogP contribution in [0.2, 0.25) is 0 Å². The first-order valence-corrected chi connectivity index (χ1v) is 5.67. The molecule has 1 atom stereocenters. The van der Waals surface area contributed by atoms with Crippen LogP contribution in [0.3, 0.4) is 0 Å². The maximum atomic E-state index is 12.0. The Bertz CT molecular complexity index is 462. The third kappa shape index (κ3) is 2.56. The molecule has 2 rings (SSSR count). The van der Waals surface area contributed by atoms with Gasteiger partial charge >= 0.3 is 5.97 Å². The van der Waals surface area contributed by atoms with E-state index in [0.717, 1.165) is 5.56 Å². The van der Waals surface area contributed by atoms with Gasteiger partial charge in [-0.3, -0.25) is 0 Å². The first-order valence-electron chi connectivity index (χ1n) is 5.67. The van der Waals surface area contributed by atoms with Crippen LogP contribution >= 0.6 is 0 Å². The highest BCUT2D eigenvalue weighted by atomic mass is 16.5. The van der Waals surface area contributed by atoms with Crippen LogP contribution in [0, 0.1) is 0 Å². The zero-order chi connectivity index (χ0) is 12.1. The van der Waals surface area contributed by atoms with Gasteiger partial charge in [0.1, 0.15) is 0 Å². The van der Waals surface area contributed by atoms with Crippen LogP contribution in [-0.4, -0.2) is 17.1 Å². The number of carbonyl (C=O) groups is 1. The number of nitrogens with zero attached hydrogens (tertiary/aromatic N) is 1. The zero-order valence-electron chi connectivity index (χ0n) is 9.74. The molecule has 1 unspecified atom stereocenters. The van der Waals surface area contributed by atoms with Crippen LogP contribution < -0.4 is 0 Å². The smallest absolute Gasteiger partial charge is 0.333 e. The third-order valence-electron chi connectivity index (χ3n) is 2.55. The fourth-order valence-corrected chi connectivity index (χ4v) is 1.81. The van der Waals surface area contributed by atoms with Crippen molar-refractivity contribution in [2.24, 2.45) is 0 Å². The summed E-state index contributed by atoms with van der Waals surface area (Å²) >= 11 is 0. The summed E-state index contributed by atoms with van der Waals surface area (Å²) in [7, 11) is 0. The quantitative estimate of drug-likeness (QED) is 0.755. The Morgan fingerprint density at radius 2 is 1.82 bits per heavy atom. The number of aromatic nitrogens is 1. The molecule has 1 heterocycles. The summed E-state index contributed by atoms with van der Waals surface area (Å²) in [5.41, 5.74) is 0.933. The van der Waals surface area contributed by atoms with E-state index in [0.29, 0.717) is 6.61 Å². The Kier molecular flexibility index (Phi) is 3.60. The zero-order valence-corrected chi connectivity index (χ0v) is 9.74. The standard InChI is InChI=1S/C14H15NO2/c1-2-17-14(16)13(15-10-6-7-11-15)12-8-4-3-5-9-12/h3-11,13H,2H2,1H3. The van der Waals surface area contributed by atoms with Crippen LogP contribution in [0.15, 0.2) is 54.9 Å². The minimum Gasteiger partial charge on any atom is -0.464 e. The van der Waals surface area contributed by atoms with Crippen LogP contribution in [-0.2, 0) is 9.53 Å². The largest absolute Gasteiger partial charge is 0.464 e. The van der Waals surface area contributed by atoms with E-state index in [-0.39, 0.29) is 5.97 Å². The number of ether oxygens (including phenoxy) is 1. The maximum Gasteiger partial charge on any atom is 0.333 e. The van der Waals surface area contributed by atoms with Crippen molar-refractivity contribution in [1.82, 2.24) is 4.57 Å². The minimum atomic E-state index is -0.397. The Labute approximate surface area is 101 Å². The predicted octanol–water partition coefficient (Wildman–Crippen LogP) is 2.64. The molecule has 0 fully saturated rings. The second kappa shape index (κ2) is 5.34. The van der Waals surface area contributed by atoms with Gasteiger partial charge < -0.3 is 9.30 Å². The third-order valence-corrected chi connectivity index (χ3v) is 2.55. The van der Waals surface area contributed by atoms with Gasteiger partial charge in [-0.2, -0.15) is 0 Å². The average Bonchev–Trinajstić information content (AvgIpc) is 2.85. The molecule has 0 amide bonds. The molecular formula is C14H15NO2. The highest BCUT2D eigenvalue weighted by Gasteiger charge is 2.22. The number of benzene rings is 1. The molecule has 0 N–H and O–H groups in total. The SMILES string of the molecule is CCOC(=O)C(c1ccccc1)n1cccc1. The summed E-state index contributed by atoms with van der Waals surface area (Å²) < 4.78 is 6.98. The van der Waals surface area contributed by atoms with Gasteiger partial charge in [0, 0.05) is 12.4 Å². The lowest BCUT2D eigenvalue weighted by molar-refractivity contribution is -0.145. The summed E-state index contributed by atoms with van der Waals surface area (Å²) in [4.78, 5) is 12.0. The van der Waals surface area contributed by atoms with E-state index in [1.807, 2.05) is 66.3 Å². The molecular weight excluding hydrogens is 214 g/mol. The van der Waals surface area contributed by atoms with E-state index in [4.69, 9.17) is 4.74 Å². The Morgan fingerprint density at radius 3 is 2.41 bits per heavy atom. The van der Waals surface area contributed by atoms with Gasteiger partial charge in [-0.05, 0) is 24.6 Å². The first-order chi connectivity index (χ1) is 8.33. The van der Waals surface area contributed by atoms with E-state index >= 15 is 0 Å². The van der Waals surface area contributed by atoms with Crippen molar-refractivity contribution in [1.29, 1.82) is 0 Å². The topological polar surface area (TPSA) is 31.2 Å². The van der Waals surface area contributed by atoms with E-state index in [2.05, 4.69) is 0 Å². The van der Waals surface area contributed by atoms with Gasteiger partial charge in [0.25, 0.3) is 0 Å². The lowest BCUT2D eigenvalue weighted by Crippen LogP contribution is -2.22. The molecule has 0 saturated carbocycles. The van der Waals surface area contributed by atoms with E-state index in [9.17, 15) is 4.79 Å². The Morgan fingerprint density at radius 1 is 1.18 bits per heavy atom. The molecule has 3 nitrogen and oxygen atoms in total. The molecule has 88 valence electrons. The molecule has 17 heavy (non-hydrogen) atoms. The van der Waals surface area contributed by atoms with Gasteiger partial charge in [-0.25, -0.2) is 4.79 Å². The van der Waals surface area contributed by atoms with Gasteiger partial charge in [-0.1, -0.05) is 30.3 Å². The van der Waals surface area contributed by atoms with Gasteiger partial charge in [0.2, 0.25) is 0 Å². The second-order valence-electron chi connectivity index (χ2n) is 3.70. The van der Waals surface area contributed by atoms with Crippen molar-refractivity contribution in [3.63, 3.8) is 0 Å². The van der Waals surface area contributed by atoms with E-state index in [1.54, 1.807) is 0 Å². The van der Waals surface area contributed by atoms with Crippen molar-refractivity contribution in [2.75, 3.05) is 6.61 Å². The summed E-state index contributed by atoms with van der Waals surface area (Å²) in [6.45, 7) is 2.21. The fourth-order valence-electron chi connectivity index (χ4n) is 1.81. The van der Waals surface area contributed by atoms with Crippen molar-refractivity contribution < 1.29 is 9.53 Å². The molecule has 3 heteroatoms. The summed E-state index contributed by atoms with van der Waals surface area (Å²) in [6, 6.07) is 13.0. The highest BCUT2D eigenvalue weighted by Crippen LogP contribution is 2.19. The van der Waals surface area contributed by atoms with Gasteiger partial charge in [0.05, 0.1) is 6.61 Å². The summed E-state index contributed by atoms with van der Waals surface area (Å²) in [5, 5.41) is 0. The number of hydrogen-bond acceptors (Lipinski definition) is 2. The monoisotopic (exact) mass is 229 g/mol. The molecule has 0 aliphatic rings. The summed E-state index contributed by atoms with van der Waals surface area (Å²) in [6.07, 6.45) is 3.74. The fraction of sp³-hybridized carbons (Fsp3) is 0.214. The van der Waals surface area contributed by atoms with Gasteiger partial charge in [-0.15, -0.1) is 0 Å². The van der Waals surface area contributed by atoms with Gasteiger partial charge in [0.15, 0.2) is 6.04 Å². The summed E-state index contributed by atoms with van der Waals surface area (Å²) in [5.74, 6) is -0.227. The van der Waals surface area contributed by atoms with Crippen molar-refractivity contribution in [3.8, 4) is 0 Å². The molecule has 0 aliphatic carbocycles.